The molecule has 1 fully saturated rings. The topological polar surface area (TPSA) is 57.7 Å². The van der Waals surface area contributed by atoms with Crippen LogP contribution in [0.15, 0.2) is 70.9 Å². The number of nitrogens with zero attached hydrogens (tertiary/aromatic N) is 2. The molecule has 0 saturated carbocycles. The highest BCUT2D eigenvalue weighted by Crippen LogP contribution is 2.31. The monoisotopic (exact) mass is 480 g/mol. The lowest BCUT2D eigenvalue weighted by molar-refractivity contribution is -0.137. The highest BCUT2D eigenvalue weighted by Gasteiger charge is 2.33. The fourth-order valence-corrected chi connectivity index (χ4v) is 5.87. The minimum absolute atomic E-state index is 0.0706. The van der Waals surface area contributed by atoms with E-state index in [0.717, 1.165) is 35.4 Å². The minimum Gasteiger partial charge on any atom is -0.335 e. The molecule has 3 aromatic rings. The number of rotatable bonds is 4. The molecule has 5 nitrogen and oxygen atoms in total. The molecule has 0 unspecified atom stereocenters. The van der Waals surface area contributed by atoms with Crippen molar-refractivity contribution in [2.75, 3.05) is 26.2 Å². The van der Waals surface area contributed by atoms with Crippen molar-refractivity contribution in [1.29, 1.82) is 0 Å². The lowest BCUT2D eigenvalue weighted by atomic mass is 10.1. The predicted octanol–water partition coefficient (Wildman–Crippen LogP) is 4.58. The SMILES string of the molecule is O=C(c1sccc1-c1ccccc1)N1CCN(S(=O)(=O)c2ccc(C(F)(F)F)cc2)CC1. The summed E-state index contributed by atoms with van der Waals surface area (Å²) >= 11 is 1.34. The second-order valence-corrected chi connectivity index (χ2v) is 10.1. The van der Waals surface area contributed by atoms with Gasteiger partial charge >= 0.3 is 6.18 Å². The van der Waals surface area contributed by atoms with Gasteiger partial charge in [0.2, 0.25) is 10.0 Å². The molecule has 10 heteroatoms. The van der Waals surface area contributed by atoms with Gasteiger partial charge in [-0.05, 0) is 41.3 Å². The number of alkyl halides is 3. The van der Waals surface area contributed by atoms with Crippen molar-refractivity contribution >= 4 is 27.3 Å². The summed E-state index contributed by atoms with van der Waals surface area (Å²) in [5.74, 6) is -0.162. The van der Waals surface area contributed by atoms with Gasteiger partial charge in [-0.3, -0.25) is 4.79 Å². The number of thiophene rings is 1. The van der Waals surface area contributed by atoms with Crippen LogP contribution in [0.3, 0.4) is 0 Å². The minimum atomic E-state index is -4.53. The van der Waals surface area contributed by atoms with Crippen molar-refractivity contribution in [1.82, 2.24) is 9.21 Å². The number of sulfonamides is 1. The van der Waals surface area contributed by atoms with Gasteiger partial charge in [-0.15, -0.1) is 11.3 Å². The van der Waals surface area contributed by atoms with E-state index in [0.29, 0.717) is 4.88 Å². The summed E-state index contributed by atoms with van der Waals surface area (Å²) < 4.78 is 65.1. The normalized spacial score (nSPS) is 15.7. The van der Waals surface area contributed by atoms with E-state index in [1.54, 1.807) is 4.90 Å². The Balaban J connectivity index is 1.45. The maximum Gasteiger partial charge on any atom is 0.416 e. The second kappa shape index (κ2) is 8.68. The zero-order chi connectivity index (χ0) is 22.9. The summed E-state index contributed by atoms with van der Waals surface area (Å²) in [5, 5.41) is 1.85. The third-order valence-electron chi connectivity index (χ3n) is 5.29. The van der Waals surface area contributed by atoms with Crippen molar-refractivity contribution in [3.05, 3.63) is 76.5 Å². The van der Waals surface area contributed by atoms with E-state index in [1.165, 1.54) is 15.6 Å². The number of benzene rings is 2. The number of hydrogen-bond donors (Lipinski definition) is 0. The molecular formula is C22H19F3N2O3S2. The highest BCUT2D eigenvalue weighted by atomic mass is 32.2. The summed E-state index contributed by atoms with van der Waals surface area (Å²) in [4.78, 5) is 15.1. The number of hydrogen-bond acceptors (Lipinski definition) is 4. The third-order valence-corrected chi connectivity index (χ3v) is 8.10. The summed E-state index contributed by atoms with van der Waals surface area (Å²) in [6.07, 6.45) is -4.53. The zero-order valence-corrected chi connectivity index (χ0v) is 18.4. The van der Waals surface area contributed by atoms with E-state index in [4.69, 9.17) is 0 Å². The van der Waals surface area contributed by atoms with Crippen LogP contribution < -0.4 is 0 Å². The Morgan fingerprint density at radius 2 is 1.50 bits per heavy atom. The molecule has 1 aliphatic heterocycles. The quantitative estimate of drug-likeness (QED) is 0.549. The molecule has 1 aromatic heterocycles. The molecule has 2 heterocycles. The van der Waals surface area contributed by atoms with Crippen molar-refractivity contribution in [2.24, 2.45) is 0 Å². The molecule has 4 rings (SSSR count). The first-order chi connectivity index (χ1) is 15.2. The Morgan fingerprint density at radius 1 is 0.875 bits per heavy atom. The summed E-state index contributed by atoms with van der Waals surface area (Å²) in [5.41, 5.74) is 0.859. The van der Waals surface area contributed by atoms with Crippen LogP contribution in [0.25, 0.3) is 11.1 Å². The molecule has 2 aromatic carbocycles. The van der Waals surface area contributed by atoms with Gasteiger partial charge in [0.05, 0.1) is 15.3 Å². The average Bonchev–Trinajstić information content (AvgIpc) is 3.29. The number of piperazine rings is 1. The van der Waals surface area contributed by atoms with E-state index in [2.05, 4.69) is 0 Å². The fraction of sp³-hybridized carbons (Fsp3) is 0.227. The van der Waals surface area contributed by atoms with Crippen LogP contribution in [0.1, 0.15) is 15.2 Å². The van der Waals surface area contributed by atoms with Gasteiger partial charge in [0.15, 0.2) is 0 Å². The molecule has 1 amide bonds. The highest BCUT2D eigenvalue weighted by molar-refractivity contribution is 7.89. The van der Waals surface area contributed by atoms with Crippen molar-refractivity contribution in [2.45, 2.75) is 11.1 Å². The first-order valence-electron chi connectivity index (χ1n) is 9.77. The molecule has 1 aliphatic rings. The molecular weight excluding hydrogens is 461 g/mol. The van der Waals surface area contributed by atoms with E-state index >= 15 is 0 Å². The molecule has 168 valence electrons. The molecule has 0 spiro atoms. The van der Waals surface area contributed by atoms with Crippen LogP contribution in [0.4, 0.5) is 13.2 Å². The van der Waals surface area contributed by atoms with Crippen molar-refractivity contribution < 1.29 is 26.4 Å². The molecule has 0 aliphatic carbocycles. The van der Waals surface area contributed by atoms with Gasteiger partial charge < -0.3 is 4.90 Å². The van der Waals surface area contributed by atoms with Gasteiger partial charge in [-0.1, -0.05) is 30.3 Å². The van der Waals surface area contributed by atoms with Crippen LogP contribution in [0, 0.1) is 0 Å². The lowest BCUT2D eigenvalue weighted by Crippen LogP contribution is -2.50. The van der Waals surface area contributed by atoms with Crippen LogP contribution in [0.5, 0.6) is 0 Å². The van der Waals surface area contributed by atoms with Crippen molar-refractivity contribution in [3.63, 3.8) is 0 Å². The number of halogens is 3. The molecule has 0 radical (unpaired) electrons. The number of carbonyl (C=O) groups is 1. The first kappa shape index (κ1) is 22.5. The standard InChI is InChI=1S/C22H19F3N2O3S2/c23-22(24,25)17-6-8-18(9-7-17)32(29,30)27-13-11-26(12-14-27)21(28)20-19(10-15-31-20)16-4-2-1-3-5-16/h1-10,15H,11-14H2. The Hall–Kier alpha value is -2.69. The van der Waals surface area contributed by atoms with Gasteiger partial charge in [-0.2, -0.15) is 17.5 Å². The van der Waals surface area contributed by atoms with Gasteiger partial charge in [0.25, 0.3) is 5.91 Å². The van der Waals surface area contributed by atoms with Gasteiger partial charge in [0.1, 0.15) is 0 Å². The van der Waals surface area contributed by atoms with Crippen LogP contribution in [0.2, 0.25) is 0 Å². The Kier molecular flexibility index (Phi) is 6.11. The van der Waals surface area contributed by atoms with Gasteiger partial charge in [0, 0.05) is 31.7 Å². The predicted molar refractivity (Wildman–Crippen MR) is 116 cm³/mol. The maximum atomic E-state index is 13.1. The molecule has 32 heavy (non-hydrogen) atoms. The van der Waals surface area contributed by atoms with Crippen LogP contribution in [-0.4, -0.2) is 49.7 Å². The largest absolute Gasteiger partial charge is 0.416 e. The third kappa shape index (κ3) is 4.43. The average molecular weight is 481 g/mol. The summed E-state index contributed by atoms with van der Waals surface area (Å²) in [6.45, 7) is 0.540. The Labute approximate surface area is 187 Å². The first-order valence-corrected chi connectivity index (χ1v) is 12.1. The van der Waals surface area contributed by atoms with Crippen LogP contribution >= 0.6 is 11.3 Å². The Morgan fingerprint density at radius 3 is 2.09 bits per heavy atom. The van der Waals surface area contributed by atoms with E-state index in [9.17, 15) is 26.4 Å². The van der Waals surface area contributed by atoms with E-state index in [1.807, 2.05) is 41.8 Å². The summed E-state index contributed by atoms with van der Waals surface area (Å²) in [6, 6.07) is 14.9. The van der Waals surface area contributed by atoms with E-state index in [-0.39, 0.29) is 37.0 Å². The molecule has 1 saturated heterocycles. The molecule has 0 atom stereocenters. The van der Waals surface area contributed by atoms with Crippen molar-refractivity contribution in [3.8, 4) is 11.1 Å². The lowest BCUT2D eigenvalue weighted by Gasteiger charge is -2.34. The Bertz CT molecular complexity index is 1200. The smallest absolute Gasteiger partial charge is 0.335 e. The number of carbonyl (C=O) groups excluding carboxylic acids is 1. The maximum absolute atomic E-state index is 13.1. The fourth-order valence-electron chi connectivity index (χ4n) is 3.56. The summed E-state index contributed by atoms with van der Waals surface area (Å²) in [7, 11) is -3.95. The number of amides is 1. The van der Waals surface area contributed by atoms with Gasteiger partial charge in [-0.25, -0.2) is 8.42 Å². The second-order valence-electron chi connectivity index (χ2n) is 7.25. The molecule has 0 N–H and O–H groups in total. The van der Waals surface area contributed by atoms with E-state index < -0.39 is 21.8 Å². The zero-order valence-electron chi connectivity index (χ0n) is 16.7. The van der Waals surface area contributed by atoms with Crippen LogP contribution in [-0.2, 0) is 16.2 Å². The molecule has 0 bridgehead atoms.